The summed E-state index contributed by atoms with van der Waals surface area (Å²) in [6, 6.07) is 5.85. The molecule has 20 heavy (non-hydrogen) atoms. The Kier molecular flexibility index (Phi) is 4.24. The first kappa shape index (κ1) is 14.3. The Morgan fingerprint density at radius 2 is 2.20 bits per heavy atom. The van der Waals surface area contributed by atoms with Crippen molar-refractivity contribution in [2.45, 2.75) is 20.4 Å². The van der Waals surface area contributed by atoms with Gasteiger partial charge in [-0.1, -0.05) is 11.2 Å². The predicted molar refractivity (Wildman–Crippen MR) is 82.6 cm³/mol. The molecule has 0 atom stereocenters. The second kappa shape index (κ2) is 5.92. The molecule has 1 aromatic carbocycles. The molecule has 6 heteroatoms. The summed E-state index contributed by atoms with van der Waals surface area (Å²) < 4.78 is 0. The fourth-order valence-corrected chi connectivity index (χ4v) is 2.84. The molecule has 3 N–H and O–H groups in total. The van der Waals surface area contributed by atoms with Crippen molar-refractivity contribution in [1.29, 1.82) is 0 Å². The number of aryl methyl sites for hydroxylation is 2. The third kappa shape index (κ3) is 2.91. The highest BCUT2D eigenvalue weighted by Crippen LogP contribution is 2.24. The van der Waals surface area contributed by atoms with Gasteiger partial charge in [-0.05, 0) is 31.5 Å². The monoisotopic (exact) mass is 290 g/mol. The van der Waals surface area contributed by atoms with Crippen molar-refractivity contribution < 1.29 is 5.21 Å². The smallest absolute Gasteiger partial charge is 0.172 e. The van der Waals surface area contributed by atoms with Crippen molar-refractivity contribution in [3.8, 4) is 0 Å². The van der Waals surface area contributed by atoms with Crippen LogP contribution in [0.15, 0.2) is 28.9 Å². The minimum absolute atomic E-state index is 0.118. The Balaban J connectivity index is 2.36. The highest BCUT2D eigenvalue weighted by Gasteiger charge is 2.13. The van der Waals surface area contributed by atoms with E-state index in [1.54, 1.807) is 11.3 Å². The second-order valence-corrected chi connectivity index (χ2v) is 5.66. The molecule has 0 fully saturated rings. The molecular formula is C14H18N4OS. The molecule has 5 nitrogen and oxygen atoms in total. The summed E-state index contributed by atoms with van der Waals surface area (Å²) in [7, 11) is 1.99. The molecule has 0 radical (unpaired) electrons. The van der Waals surface area contributed by atoms with Gasteiger partial charge in [0.2, 0.25) is 0 Å². The van der Waals surface area contributed by atoms with Crippen LogP contribution < -0.4 is 10.6 Å². The third-order valence-electron chi connectivity index (χ3n) is 3.17. The van der Waals surface area contributed by atoms with Crippen LogP contribution in [0.4, 0.5) is 5.69 Å². The maximum absolute atomic E-state index is 8.90. The minimum Gasteiger partial charge on any atom is -0.409 e. The molecule has 2 rings (SSSR count). The van der Waals surface area contributed by atoms with Crippen molar-refractivity contribution >= 4 is 22.9 Å². The number of amidine groups is 1. The van der Waals surface area contributed by atoms with Crippen LogP contribution in [0.1, 0.15) is 21.7 Å². The minimum atomic E-state index is 0.118. The lowest BCUT2D eigenvalue weighted by molar-refractivity contribution is 0.318. The van der Waals surface area contributed by atoms with E-state index in [9.17, 15) is 0 Å². The first-order valence-corrected chi connectivity index (χ1v) is 7.09. The van der Waals surface area contributed by atoms with Crippen molar-refractivity contribution in [3.63, 3.8) is 0 Å². The highest BCUT2D eigenvalue weighted by molar-refractivity contribution is 7.09. The predicted octanol–water partition coefficient (Wildman–Crippen LogP) is 2.49. The van der Waals surface area contributed by atoms with E-state index in [1.807, 2.05) is 44.6 Å². The van der Waals surface area contributed by atoms with Crippen molar-refractivity contribution in [2.24, 2.45) is 10.9 Å². The fraction of sp³-hybridized carbons (Fsp3) is 0.286. The van der Waals surface area contributed by atoms with Gasteiger partial charge in [0.05, 0.1) is 17.7 Å². The molecule has 0 amide bonds. The first-order chi connectivity index (χ1) is 9.52. The summed E-state index contributed by atoms with van der Waals surface area (Å²) in [5.74, 6) is 0.118. The molecular weight excluding hydrogens is 272 g/mol. The van der Waals surface area contributed by atoms with Gasteiger partial charge in [0.15, 0.2) is 5.84 Å². The molecule has 2 aromatic rings. The van der Waals surface area contributed by atoms with Crippen LogP contribution in [0.2, 0.25) is 0 Å². The quantitative estimate of drug-likeness (QED) is 0.392. The summed E-state index contributed by atoms with van der Waals surface area (Å²) in [4.78, 5) is 7.55. The molecule has 0 aliphatic rings. The van der Waals surface area contributed by atoms with E-state index in [2.05, 4.69) is 15.0 Å². The van der Waals surface area contributed by atoms with Crippen LogP contribution in [0, 0.1) is 13.8 Å². The fourth-order valence-electron chi connectivity index (χ4n) is 2.01. The average Bonchev–Trinajstić information content (AvgIpc) is 2.83. The van der Waals surface area contributed by atoms with E-state index in [4.69, 9.17) is 10.9 Å². The van der Waals surface area contributed by atoms with E-state index < -0.39 is 0 Å². The van der Waals surface area contributed by atoms with Crippen LogP contribution in [-0.2, 0) is 6.54 Å². The maximum Gasteiger partial charge on any atom is 0.172 e. The number of nitrogens with zero attached hydrogens (tertiary/aromatic N) is 3. The summed E-state index contributed by atoms with van der Waals surface area (Å²) in [5, 5.41) is 12.0. The normalized spacial score (nSPS) is 11.7. The van der Waals surface area contributed by atoms with Gasteiger partial charge in [-0.3, -0.25) is 0 Å². The van der Waals surface area contributed by atoms with Crippen LogP contribution in [0.5, 0.6) is 0 Å². The summed E-state index contributed by atoms with van der Waals surface area (Å²) in [6.45, 7) is 4.76. The van der Waals surface area contributed by atoms with Crippen molar-refractivity contribution in [1.82, 2.24) is 4.98 Å². The number of rotatable bonds is 4. The van der Waals surface area contributed by atoms with Crippen LogP contribution in [-0.4, -0.2) is 23.1 Å². The number of oxime groups is 1. The van der Waals surface area contributed by atoms with Gasteiger partial charge in [0, 0.05) is 23.2 Å². The molecule has 0 spiro atoms. The van der Waals surface area contributed by atoms with Gasteiger partial charge in [0.1, 0.15) is 0 Å². The standard InChI is InChI=1S/C14H18N4OS/c1-9-4-5-11(14(15)17-19)12(6-9)18(3)7-13-10(2)16-8-20-13/h4-6,8,19H,7H2,1-3H3,(H2,15,17). The molecule has 0 unspecified atom stereocenters. The maximum atomic E-state index is 8.90. The molecule has 1 aromatic heterocycles. The zero-order valence-corrected chi connectivity index (χ0v) is 12.6. The lowest BCUT2D eigenvalue weighted by atomic mass is 10.1. The number of hydrogen-bond donors (Lipinski definition) is 2. The van der Waals surface area contributed by atoms with Gasteiger partial charge < -0.3 is 15.8 Å². The number of benzene rings is 1. The Bertz CT molecular complexity index is 636. The van der Waals surface area contributed by atoms with Gasteiger partial charge in [-0.25, -0.2) is 4.98 Å². The zero-order valence-electron chi connectivity index (χ0n) is 11.8. The van der Waals surface area contributed by atoms with Crippen LogP contribution >= 0.6 is 11.3 Å². The molecule has 0 aliphatic carbocycles. The number of aromatic nitrogens is 1. The van der Waals surface area contributed by atoms with E-state index >= 15 is 0 Å². The SMILES string of the molecule is Cc1ccc(C(N)=NO)c(N(C)Cc2scnc2C)c1. The average molecular weight is 290 g/mol. The van der Waals surface area contributed by atoms with Gasteiger partial charge >= 0.3 is 0 Å². The van der Waals surface area contributed by atoms with Crippen LogP contribution in [0.25, 0.3) is 0 Å². The van der Waals surface area contributed by atoms with Crippen molar-refractivity contribution in [3.05, 3.63) is 45.4 Å². The second-order valence-electron chi connectivity index (χ2n) is 4.72. The molecule has 1 heterocycles. The number of hydrogen-bond acceptors (Lipinski definition) is 5. The first-order valence-electron chi connectivity index (χ1n) is 6.21. The molecule has 0 saturated carbocycles. The number of nitrogens with two attached hydrogens (primary N) is 1. The van der Waals surface area contributed by atoms with E-state index in [1.165, 1.54) is 4.88 Å². The summed E-state index contributed by atoms with van der Waals surface area (Å²) in [6.07, 6.45) is 0. The van der Waals surface area contributed by atoms with E-state index in [0.717, 1.165) is 29.1 Å². The van der Waals surface area contributed by atoms with Gasteiger partial charge in [0.25, 0.3) is 0 Å². The molecule has 0 saturated heterocycles. The Labute approximate surface area is 122 Å². The van der Waals surface area contributed by atoms with Gasteiger partial charge in [-0.2, -0.15) is 0 Å². The zero-order chi connectivity index (χ0) is 14.7. The van der Waals surface area contributed by atoms with Crippen LogP contribution in [0.3, 0.4) is 0 Å². The number of thiazole rings is 1. The Morgan fingerprint density at radius 3 is 2.80 bits per heavy atom. The van der Waals surface area contributed by atoms with E-state index in [-0.39, 0.29) is 5.84 Å². The van der Waals surface area contributed by atoms with Crippen molar-refractivity contribution in [2.75, 3.05) is 11.9 Å². The lowest BCUT2D eigenvalue weighted by Gasteiger charge is -2.22. The third-order valence-corrected chi connectivity index (χ3v) is 4.09. The topological polar surface area (TPSA) is 74.7 Å². The molecule has 0 bridgehead atoms. The Morgan fingerprint density at radius 1 is 1.45 bits per heavy atom. The van der Waals surface area contributed by atoms with Gasteiger partial charge in [-0.15, -0.1) is 11.3 Å². The Hall–Kier alpha value is -2.08. The van der Waals surface area contributed by atoms with E-state index in [0.29, 0.717) is 0 Å². The lowest BCUT2D eigenvalue weighted by Crippen LogP contribution is -2.22. The molecule has 106 valence electrons. The molecule has 0 aliphatic heterocycles. The summed E-state index contributed by atoms with van der Waals surface area (Å²) in [5.41, 5.74) is 11.4. The largest absolute Gasteiger partial charge is 0.409 e. The summed E-state index contributed by atoms with van der Waals surface area (Å²) >= 11 is 1.63. The highest BCUT2D eigenvalue weighted by atomic mass is 32.1. The number of anilines is 1.